The number of fused-ring (bicyclic) bond motifs is 1. The summed E-state index contributed by atoms with van der Waals surface area (Å²) in [7, 11) is 0. The average Bonchev–Trinajstić information content (AvgIpc) is 2.90. The van der Waals surface area contributed by atoms with E-state index in [0.29, 0.717) is 18.0 Å². The zero-order valence-electron chi connectivity index (χ0n) is 10.9. The molecule has 2 aromatic rings. The molecule has 1 heterocycles. The Kier molecular flexibility index (Phi) is 4.87. The van der Waals surface area contributed by atoms with Gasteiger partial charge in [-0.15, -0.1) is 11.3 Å². The number of benzene rings is 1. The molecule has 0 saturated carbocycles. The Morgan fingerprint density at radius 1 is 1.53 bits per heavy atom. The lowest BCUT2D eigenvalue weighted by Gasteiger charge is -2.08. The number of amides is 1. The van der Waals surface area contributed by atoms with Crippen LogP contribution >= 0.6 is 11.3 Å². The fourth-order valence-electron chi connectivity index (χ4n) is 1.84. The molecule has 1 aromatic heterocycles. The summed E-state index contributed by atoms with van der Waals surface area (Å²) in [6.07, 6.45) is 1.81. The van der Waals surface area contributed by atoms with Gasteiger partial charge < -0.3 is 10.4 Å². The molecule has 5 heteroatoms. The lowest BCUT2D eigenvalue weighted by atomic mass is 10.1. The summed E-state index contributed by atoms with van der Waals surface area (Å²) in [6.45, 7) is 2.85. The van der Waals surface area contributed by atoms with E-state index in [9.17, 15) is 4.79 Å². The van der Waals surface area contributed by atoms with Gasteiger partial charge in [0.1, 0.15) is 0 Å². The molecule has 2 N–H and O–H groups in total. The highest BCUT2D eigenvalue weighted by Gasteiger charge is 2.07. The lowest BCUT2D eigenvalue weighted by molar-refractivity contribution is 0.0952. The van der Waals surface area contributed by atoms with E-state index < -0.39 is 0 Å². The van der Waals surface area contributed by atoms with E-state index in [2.05, 4.69) is 10.3 Å². The molecule has 0 aliphatic heterocycles. The second kappa shape index (κ2) is 6.63. The maximum Gasteiger partial charge on any atom is 0.251 e. The molecule has 0 radical (unpaired) electrons. The fraction of sp³-hybridized carbons (Fsp3) is 0.429. The van der Waals surface area contributed by atoms with Crippen molar-refractivity contribution in [1.29, 1.82) is 0 Å². The minimum absolute atomic E-state index is 0.0491. The van der Waals surface area contributed by atoms with Crippen molar-refractivity contribution >= 4 is 27.5 Å². The third kappa shape index (κ3) is 3.75. The van der Waals surface area contributed by atoms with Crippen molar-refractivity contribution in [3.05, 3.63) is 29.3 Å². The van der Waals surface area contributed by atoms with E-state index >= 15 is 0 Å². The number of aliphatic hydroxyl groups is 1. The molecule has 0 fully saturated rings. The van der Waals surface area contributed by atoms with E-state index in [1.54, 1.807) is 11.6 Å². The fourth-order valence-corrected chi connectivity index (χ4v) is 2.56. The number of aromatic nitrogens is 1. The number of carbonyl (C=O) groups is 1. The predicted molar refractivity (Wildman–Crippen MR) is 77.4 cm³/mol. The molecule has 4 nitrogen and oxygen atoms in total. The summed E-state index contributed by atoms with van der Waals surface area (Å²) >= 11 is 1.54. The van der Waals surface area contributed by atoms with Crippen LogP contribution in [0.4, 0.5) is 0 Å². The molecule has 1 unspecified atom stereocenters. The summed E-state index contributed by atoms with van der Waals surface area (Å²) < 4.78 is 1.03. The van der Waals surface area contributed by atoms with Crippen molar-refractivity contribution in [1.82, 2.24) is 10.3 Å². The third-order valence-electron chi connectivity index (χ3n) is 3.06. The molecule has 0 spiro atoms. The number of hydrogen-bond acceptors (Lipinski definition) is 4. The van der Waals surface area contributed by atoms with Gasteiger partial charge in [-0.3, -0.25) is 4.79 Å². The van der Waals surface area contributed by atoms with Gasteiger partial charge in [0.05, 0.1) is 15.7 Å². The molecule has 1 atom stereocenters. The van der Waals surface area contributed by atoms with E-state index in [-0.39, 0.29) is 12.5 Å². The van der Waals surface area contributed by atoms with Gasteiger partial charge >= 0.3 is 0 Å². The number of carbonyl (C=O) groups excluding carboxylic acids is 1. The van der Waals surface area contributed by atoms with Crippen LogP contribution in [0.3, 0.4) is 0 Å². The number of nitrogens with zero attached hydrogens (tertiary/aromatic N) is 1. The molecule has 0 bridgehead atoms. The van der Waals surface area contributed by atoms with Crippen molar-refractivity contribution < 1.29 is 9.90 Å². The van der Waals surface area contributed by atoms with E-state index in [4.69, 9.17) is 5.11 Å². The average molecular weight is 278 g/mol. The molecule has 0 saturated heterocycles. The van der Waals surface area contributed by atoms with Gasteiger partial charge in [-0.2, -0.15) is 0 Å². The first-order valence-corrected chi connectivity index (χ1v) is 7.31. The number of aliphatic hydroxyl groups excluding tert-OH is 1. The maximum atomic E-state index is 11.9. The Morgan fingerprint density at radius 3 is 3.16 bits per heavy atom. The largest absolute Gasteiger partial charge is 0.396 e. The quantitative estimate of drug-likeness (QED) is 0.798. The normalized spacial score (nSPS) is 12.5. The number of hydrogen-bond donors (Lipinski definition) is 2. The molecule has 1 amide bonds. The van der Waals surface area contributed by atoms with Gasteiger partial charge in [0.15, 0.2) is 0 Å². The van der Waals surface area contributed by atoms with Crippen molar-refractivity contribution in [3.8, 4) is 0 Å². The standard InChI is InChI=1S/C14H18N2O2S/c1-10(8-17)3-2-6-15-14(18)11-4-5-12-13(7-11)19-9-16-12/h4-5,7,9-10,17H,2-3,6,8H2,1H3,(H,15,18). The second-order valence-corrected chi connectivity index (χ2v) is 5.61. The van der Waals surface area contributed by atoms with E-state index in [1.165, 1.54) is 11.3 Å². The molecule has 1 aromatic carbocycles. The SMILES string of the molecule is CC(CO)CCCNC(=O)c1ccc2ncsc2c1. The van der Waals surface area contributed by atoms with Crippen LogP contribution in [-0.4, -0.2) is 29.1 Å². The van der Waals surface area contributed by atoms with E-state index in [1.807, 2.05) is 19.1 Å². The summed E-state index contributed by atoms with van der Waals surface area (Å²) in [4.78, 5) is 16.1. The minimum Gasteiger partial charge on any atom is -0.396 e. The smallest absolute Gasteiger partial charge is 0.251 e. The highest BCUT2D eigenvalue weighted by molar-refractivity contribution is 7.16. The summed E-state index contributed by atoms with van der Waals surface area (Å²) in [5.41, 5.74) is 3.38. The van der Waals surface area contributed by atoms with Gasteiger partial charge in [-0.05, 0) is 37.0 Å². The first-order chi connectivity index (χ1) is 9.20. The van der Waals surface area contributed by atoms with Crippen LogP contribution in [0.2, 0.25) is 0 Å². The zero-order chi connectivity index (χ0) is 13.7. The third-order valence-corrected chi connectivity index (χ3v) is 3.86. The molecular weight excluding hydrogens is 260 g/mol. The topological polar surface area (TPSA) is 62.2 Å². The Morgan fingerprint density at radius 2 is 2.37 bits per heavy atom. The minimum atomic E-state index is -0.0491. The van der Waals surface area contributed by atoms with Crippen molar-refractivity contribution in [3.63, 3.8) is 0 Å². The molecule has 0 aliphatic carbocycles. The monoisotopic (exact) mass is 278 g/mol. The Balaban J connectivity index is 1.85. The highest BCUT2D eigenvalue weighted by atomic mass is 32.1. The predicted octanol–water partition coefficient (Wildman–Crippen LogP) is 2.43. The highest BCUT2D eigenvalue weighted by Crippen LogP contribution is 2.18. The van der Waals surface area contributed by atoms with Gasteiger partial charge in [0.2, 0.25) is 0 Å². The van der Waals surface area contributed by atoms with Crippen LogP contribution in [-0.2, 0) is 0 Å². The molecule has 0 aliphatic rings. The van der Waals surface area contributed by atoms with Gasteiger partial charge in [0, 0.05) is 18.7 Å². The summed E-state index contributed by atoms with van der Waals surface area (Å²) in [6, 6.07) is 5.54. The first-order valence-electron chi connectivity index (χ1n) is 6.43. The molecular formula is C14H18N2O2S. The second-order valence-electron chi connectivity index (χ2n) is 4.72. The van der Waals surface area contributed by atoms with Crippen LogP contribution in [0.1, 0.15) is 30.1 Å². The maximum absolute atomic E-state index is 11.9. The van der Waals surface area contributed by atoms with Crippen LogP contribution in [0, 0.1) is 5.92 Å². The van der Waals surface area contributed by atoms with Crippen LogP contribution in [0.15, 0.2) is 23.7 Å². The van der Waals surface area contributed by atoms with Gasteiger partial charge in [0.25, 0.3) is 5.91 Å². The molecule has 2 rings (SSSR count). The number of nitrogens with one attached hydrogen (secondary N) is 1. The lowest BCUT2D eigenvalue weighted by Crippen LogP contribution is -2.24. The Hall–Kier alpha value is -1.46. The van der Waals surface area contributed by atoms with Crippen molar-refractivity contribution in [2.45, 2.75) is 19.8 Å². The van der Waals surface area contributed by atoms with E-state index in [0.717, 1.165) is 23.1 Å². The first kappa shape index (κ1) is 14.0. The van der Waals surface area contributed by atoms with Crippen LogP contribution in [0.5, 0.6) is 0 Å². The van der Waals surface area contributed by atoms with Gasteiger partial charge in [-0.1, -0.05) is 6.92 Å². The number of rotatable bonds is 6. The van der Waals surface area contributed by atoms with Crippen molar-refractivity contribution in [2.24, 2.45) is 5.92 Å². The Bertz CT molecular complexity index is 553. The summed E-state index contributed by atoms with van der Waals surface area (Å²) in [5.74, 6) is 0.248. The van der Waals surface area contributed by atoms with Crippen molar-refractivity contribution in [2.75, 3.05) is 13.2 Å². The zero-order valence-corrected chi connectivity index (χ0v) is 11.7. The Labute approximate surface area is 116 Å². The molecule has 102 valence electrons. The number of thiazole rings is 1. The van der Waals surface area contributed by atoms with Crippen LogP contribution in [0.25, 0.3) is 10.2 Å². The summed E-state index contributed by atoms with van der Waals surface area (Å²) in [5, 5.41) is 11.8. The van der Waals surface area contributed by atoms with Crippen LogP contribution < -0.4 is 5.32 Å². The molecule has 19 heavy (non-hydrogen) atoms. The van der Waals surface area contributed by atoms with Gasteiger partial charge in [-0.25, -0.2) is 4.98 Å².